The molecule has 0 spiro atoms. The molecule has 4 rings (SSSR count). The van der Waals surface area contributed by atoms with Gasteiger partial charge < -0.3 is 10.1 Å². The zero-order chi connectivity index (χ0) is 29.8. The number of tetrazole rings is 1. The van der Waals surface area contributed by atoms with Crippen molar-refractivity contribution in [1.29, 1.82) is 0 Å². The molecule has 0 aliphatic heterocycles. The molecule has 0 bridgehead atoms. The Balaban J connectivity index is 1.54. The van der Waals surface area contributed by atoms with E-state index in [0.29, 0.717) is 17.1 Å². The smallest absolute Gasteiger partial charge is 0.416 e. The first-order chi connectivity index (χ1) is 19.3. The number of aryl methyl sites for hydroxylation is 2. The molecule has 0 saturated carbocycles. The number of hydrogen-bond donors (Lipinski definition) is 2. The van der Waals surface area contributed by atoms with Crippen molar-refractivity contribution in [1.82, 2.24) is 25.9 Å². The van der Waals surface area contributed by atoms with Crippen molar-refractivity contribution in [2.24, 2.45) is 5.41 Å². The molecule has 1 aromatic heterocycles. The number of H-pyrrole nitrogens is 1. The molecule has 0 aliphatic rings. The van der Waals surface area contributed by atoms with Crippen molar-refractivity contribution in [2.45, 2.75) is 66.3 Å². The average molecular weight is 566 g/mol. The van der Waals surface area contributed by atoms with Crippen LogP contribution in [0.25, 0.3) is 11.1 Å². The third kappa shape index (κ3) is 7.93. The lowest BCUT2D eigenvalue weighted by Crippen LogP contribution is -2.23. The van der Waals surface area contributed by atoms with Crippen molar-refractivity contribution in [3.63, 3.8) is 0 Å². The van der Waals surface area contributed by atoms with Gasteiger partial charge in [-0.05, 0) is 96.3 Å². The molecule has 1 heterocycles. The van der Waals surface area contributed by atoms with Gasteiger partial charge in [0.1, 0.15) is 11.9 Å². The fourth-order valence-corrected chi connectivity index (χ4v) is 4.66. The zero-order valence-electron chi connectivity index (χ0n) is 23.8. The Morgan fingerprint density at radius 1 is 0.976 bits per heavy atom. The fraction of sp³-hybridized carbons (Fsp3) is 0.355. The summed E-state index contributed by atoms with van der Waals surface area (Å²) in [5.74, 6) is 0.815. The maximum atomic E-state index is 13.0. The van der Waals surface area contributed by atoms with Crippen LogP contribution in [-0.4, -0.2) is 26.5 Å². The number of alkyl halides is 3. The van der Waals surface area contributed by atoms with Crippen molar-refractivity contribution < 1.29 is 22.7 Å². The molecule has 1 amide bonds. The van der Waals surface area contributed by atoms with E-state index >= 15 is 0 Å². The number of halogens is 3. The van der Waals surface area contributed by atoms with Crippen LogP contribution in [0.4, 0.5) is 13.2 Å². The van der Waals surface area contributed by atoms with Gasteiger partial charge in [-0.1, -0.05) is 50.3 Å². The monoisotopic (exact) mass is 565 g/mol. The van der Waals surface area contributed by atoms with Crippen molar-refractivity contribution in [3.05, 3.63) is 94.3 Å². The Kier molecular flexibility index (Phi) is 8.80. The molecule has 0 saturated heterocycles. The number of carbonyl (C=O) groups excluding carboxylic acids is 1. The molecule has 7 nitrogen and oxygen atoms in total. The molecular formula is C31H34F3N5O2. The van der Waals surface area contributed by atoms with Gasteiger partial charge in [-0.2, -0.15) is 18.4 Å². The number of nitrogens with one attached hydrogen (secondary N) is 2. The quantitative estimate of drug-likeness (QED) is 0.221. The topological polar surface area (TPSA) is 92.8 Å². The summed E-state index contributed by atoms with van der Waals surface area (Å²) < 4.78 is 45.6. The maximum Gasteiger partial charge on any atom is 0.416 e. The van der Waals surface area contributed by atoms with Gasteiger partial charge in [0, 0.05) is 5.56 Å². The SMILES string of the molecule is Cc1cc(OC(CCC(C)(C)C)c2ccc(C(=O)NCc3nn[nH]n3)cc2)cc(C)c1-c1ccc(C(F)(F)F)cc1. The van der Waals surface area contributed by atoms with E-state index in [-0.39, 0.29) is 24.0 Å². The Morgan fingerprint density at radius 2 is 1.61 bits per heavy atom. The number of hydrogen-bond acceptors (Lipinski definition) is 5. The summed E-state index contributed by atoms with van der Waals surface area (Å²) in [5, 5.41) is 16.2. The molecule has 0 aliphatic carbocycles. The molecule has 216 valence electrons. The van der Waals surface area contributed by atoms with E-state index in [1.54, 1.807) is 12.1 Å². The van der Waals surface area contributed by atoms with Gasteiger partial charge >= 0.3 is 6.18 Å². The normalized spacial score (nSPS) is 12.7. The third-order valence-corrected chi connectivity index (χ3v) is 6.78. The van der Waals surface area contributed by atoms with Crippen LogP contribution in [0.1, 0.15) is 78.2 Å². The van der Waals surface area contributed by atoms with Crippen LogP contribution in [0, 0.1) is 19.3 Å². The highest BCUT2D eigenvalue weighted by molar-refractivity contribution is 5.94. The zero-order valence-corrected chi connectivity index (χ0v) is 23.8. The average Bonchev–Trinajstić information content (AvgIpc) is 3.42. The van der Waals surface area contributed by atoms with E-state index in [9.17, 15) is 18.0 Å². The molecule has 10 heteroatoms. The van der Waals surface area contributed by atoms with Crippen molar-refractivity contribution >= 4 is 5.91 Å². The van der Waals surface area contributed by atoms with E-state index in [4.69, 9.17) is 4.74 Å². The fourth-order valence-electron chi connectivity index (χ4n) is 4.66. The number of rotatable bonds is 9. The van der Waals surface area contributed by atoms with E-state index in [2.05, 4.69) is 46.7 Å². The molecule has 3 aromatic carbocycles. The number of nitrogens with zero attached hydrogens (tertiary/aromatic N) is 3. The second-order valence-corrected chi connectivity index (χ2v) is 11.3. The second kappa shape index (κ2) is 12.1. The van der Waals surface area contributed by atoms with Gasteiger partial charge in [0.05, 0.1) is 12.1 Å². The molecule has 1 unspecified atom stereocenters. The number of amides is 1. The number of benzene rings is 3. The maximum absolute atomic E-state index is 13.0. The lowest BCUT2D eigenvalue weighted by Gasteiger charge is -2.25. The Hall–Kier alpha value is -4.21. The van der Waals surface area contributed by atoms with Crippen molar-refractivity contribution in [3.8, 4) is 16.9 Å². The number of aromatic amines is 1. The molecule has 4 aromatic rings. The number of ether oxygens (including phenoxy) is 1. The summed E-state index contributed by atoms with van der Waals surface area (Å²) in [6.45, 7) is 10.5. The predicted octanol–water partition coefficient (Wildman–Crippen LogP) is 7.38. The van der Waals surface area contributed by atoms with Crippen LogP contribution in [0.3, 0.4) is 0 Å². The van der Waals surface area contributed by atoms with Gasteiger partial charge in [0.25, 0.3) is 5.91 Å². The van der Waals surface area contributed by atoms with Gasteiger partial charge in [0.15, 0.2) is 5.82 Å². The minimum Gasteiger partial charge on any atom is -0.486 e. The molecule has 0 radical (unpaired) electrons. The van der Waals surface area contributed by atoms with Crippen LogP contribution in [0.5, 0.6) is 5.75 Å². The summed E-state index contributed by atoms with van der Waals surface area (Å²) in [7, 11) is 0. The Morgan fingerprint density at radius 3 is 2.15 bits per heavy atom. The van der Waals surface area contributed by atoms with Crippen LogP contribution in [0.2, 0.25) is 0 Å². The van der Waals surface area contributed by atoms with Crippen LogP contribution in [0.15, 0.2) is 60.7 Å². The third-order valence-electron chi connectivity index (χ3n) is 6.78. The summed E-state index contributed by atoms with van der Waals surface area (Å²) in [4.78, 5) is 12.6. The lowest BCUT2D eigenvalue weighted by atomic mass is 9.88. The van der Waals surface area contributed by atoms with Crippen LogP contribution < -0.4 is 10.1 Å². The van der Waals surface area contributed by atoms with Crippen molar-refractivity contribution in [2.75, 3.05) is 0 Å². The minimum absolute atomic E-state index is 0.0921. The van der Waals surface area contributed by atoms with Gasteiger partial charge in [0.2, 0.25) is 0 Å². The standard InChI is InChI=1S/C31H34F3N5O2/c1-19-16-25(17-20(2)28(19)22-10-12-24(13-11-22)31(32,33)34)41-26(14-15-30(3,4)5)21-6-8-23(9-7-21)29(40)35-18-27-36-38-39-37-27/h6-13,16-17,26H,14-15,18H2,1-5H3,(H,35,40)(H,36,37,38,39). The highest BCUT2D eigenvalue weighted by Crippen LogP contribution is 2.37. The minimum atomic E-state index is -4.38. The number of aromatic nitrogens is 4. The van der Waals surface area contributed by atoms with E-state index < -0.39 is 11.7 Å². The van der Waals surface area contributed by atoms with Gasteiger partial charge in [-0.25, -0.2) is 0 Å². The van der Waals surface area contributed by atoms with E-state index in [1.807, 2.05) is 38.1 Å². The highest BCUT2D eigenvalue weighted by atomic mass is 19.4. The van der Waals surface area contributed by atoms with Gasteiger partial charge in [-0.15, -0.1) is 10.2 Å². The molecular weight excluding hydrogens is 531 g/mol. The Bertz CT molecular complexity index is 1440. The van der Waals surface area contributed by atoms with Crippen LogP contribution >= 0.6 is 0 Å². The first-order valence-corrected chi connectivity index (χ1v) is 13.4. The highest BCUT2D eigenvalue weighted by Gasteiger charge is 2.30. The second-order valence-electron chi connectivity index (χ2n) is 11.3. The molecule has 0 fully saturated rings. The van der Waals surface area contributed by atoms with Gasteiger partial charge in [-0.3, -0.25) is 4.79 Å². The summed E-state index contributed by atoms with van der Waals surface area (Å²) >= 11 is 0. The predicted molar refractivity (Wildman–Crippen MR) is 150 cm³/mol. The molecule has 41 heavy (non-hydrogen) atoms. The summed E-state index contributed by atoms with van der Waals surface area (Å²) in [6, 6.07) is 16.4. The summed E-state index contributed by atoms with van der Waals surface area (Å²) in [6.07, 6.45) is -2.97. The number of carbonyl (C=O) groups is 1. The largest absolute Gasteiger partial charge is 0.486 e. The van der Waals surface area contributed by atoms with E-state index in [1.165, 1.54) is 12.1 Å². The van der Waals surface area contributed by atoms with Crippen LogP contribution in [-0.2, 0) is 12.7 Å². The Labute approximate surface area is 237 Å². The molecule has 2 N–H and O–H groups in total. The first-order valence-electron chi connectivity index (χ1n) is 13.4. The van der Waals surface area contributed by atoms with E-state index in [0.717, 1.165) is 52.8 Å². The lowest BCUT2D eigenvalue weighted by molar-refractivity contribution is -0.137. The molecule has 1 atom stereocenters. The first kappa shape index (κ1) is 29.8. The summed E-state index contributed by atoms with van der Waals surface area (Å²) in [5.41, 5.74) is 4.27.